The predicted molar refractivity (Wildman–Crippen MR) is 144 cm³/mol. The van der Waals surface area contributed by atoms with Gasteiger partial charge < -0.3 is 16.4 Å². The third kappa shape index (κ3) is 8.33. The van der Waals surface area contributed by atoms with Crippen LogP contribution in [0.1, 0.15) is 65.9 Å². The molecule has 4 rings (SSSR count). The second-order valence-corrected chi connectivity index (χ2v) is 7.67. The summed E-state index contributed by atoms with van der Waals surface area (Å²) < 4.78 is 0. The van der Waals surface area contributed by atoms with Crippen LogP contribution in [0.5, 0.6) is 0 Å². The summed E-state index contributed by atoms with van der Waals surface area (Å²) in [7, 11) is 0. The van der Waals surface area contributed by atoms with Crippen LogP contribution in [0.15, 0.2) is 48.5 Å². The SMILES string of the molecule is CC.CCC.CCC(N)=O.NC(=O)CCC(=O)N1Cc2ccccc2-c2n[nH]nc2-c2ccccc21. The van der Waals surface area contributed by atoms with E-state index in [9.17, 15) is 14.4 Å². The molecular weight excluding hydrogens is 456 g/mol. The average molecular weight is 495 g/mol. The van der Waals surface area contributed by atoms with E-state index in [2.05, 4.69) is 35.0 Å². The summed E-state index contributed by atoms with van der Waals surface area (Å²) in [4.78, 5) is 35.3. The van der Waals surface area contributed by atoms with Gasteiger partial charge in [0.25, 0.3) is 0 Å². The van der Waals surface area contributed by atoms with Crippen molar-refractivity contribution in [3.63, 3.8) is 0 Å². The molecule has 9 nitrogen and oxygen atoms in total. The van der Waals surface area contributed by atoms with Crippen LogP contribution in [0.3, 0.4) is 0 Å². The minimum atomic E-state index is -0.488. The lowest BCUT2D eigenvalue weighted by Crippen LogP contribution is -2.32. The minimum absolute atomic E-state index is 0.0222. The molecular formula is C27H38N6O3. The van der Waals surface area contributed by atoms with E-state index >= 15 is 0 Å². The van der Waals surface area contributed by atoms with Gasteiger partial charge in [-0.15, -0.1) is 0 Å². The summed E-state index contributed by atoms with van der Waals surface area (Å²) in [6.07, 6.45) is 1.78. The van der Waals surface area contributed by atoms with E-state index in [1.165, 1.54) is 6.42 Å². The third-order valence-corrected chi connectivity index (χ3v) is 4.83. The fourth-order valence-electron chi connectivity index (χ4n) is 3.25. The largest absolute Gasteiger partial charge is 0.370 e. The highest BCUT2D eigenvalue weighted by Gasteiger charge is 2.27. The van der Waals surface area contributed by atoms with Gasteiger partial charge in [0.05, 0.1) is 12.2 Å². The molecule has 0 atom stereocenters. The van der Waals surface area contributed by atoms with Gasteiger partial charge in [-0.2, -0.15) is 15.4 Å². The zero-order valence-electron chi connectivity index (χ0n) is 21.9. The Labute approximate surface area is 213 Å². The van der Waals surface area contributed by atoms with E-state index in [-0.39, 0.29) is 24.7 Å². The number of anilines is 1. The van der Waals surface area contributed by atoms with Crippen LogP contribution < -0.4 is 16.4 Å². The molecule has 2 heterocycles. The summed E-state index contributed by atoms with van der Waals surface area (Å²) in [6.45, 7) is 10.4. The van der Waals surface area contributed by atoms with Crippen LogP contribution in [0.25, 0.3) is 22.5 Å². The number of benzene rings is 2. The first kappa shape index (κ1) is 30.0. The fourth-order valence-corrected chi connectivity index (χ4v) is 3.25. The van der Waals surface area contributed by atoms with Crippen LogP contribution in [0, 0.1) is 0 Å². The number of aromatic amines is 1. The van der Waals surface area contributed by atoms with Gasteiger partial charge in [-0.1, -0.05) is 83.5 Å². The number of H-pyrrole nitrogens is 1. The maximum absolute atomic E-state index is 12.9. The number of fused-ring (bicyclic) bond motifs is 5. The van der Waals surface area contributed by atoms with Crippen molar-refractivity contribution in [1.82, 2.24) is 15.4 Å². The second kappa shape index (κ2) is 15.8. The van der Waals surface area contributed by atoms with Gasteiger partial charge in [-0.25, -0.2) is 0 Å². The maximum Gasteiger partial charge on any atom is 0.227 e. The lowest BCUT2D eigenvalue weighted by molar-refractivity contribution is -0.123. The summed E-state index contributed by atoms with van der Waals surface area (Å²) >= 11 is 0. The van der Waals surface area contributed by atoms with E-state index in [4.69, 9.17) is 5.73 Å². The molecule has 194 valence electrons. The van der Waals surface area contributed by atoms with Crippen LogP contribution in [0.2, 0.25) is 0 Å². The number of rotatable bonds is 4. The van der Waals surface area contributed by atoms with Crippen molar-refractivity contribution in [1.29, 1.82) is 0 Å². The van der Waals surface area contributed by atoms with Gasteiger partial charge in [0.1, 0.15) is 11.4 Å². The van der Waals surface area contributed by atoms with Gasteiger partial charge >= 0.3 is 0 Å². The third-order valence-electron chi connectivity index (χ3n) is 4.83. The van der Waals surface area contributed by atoms with Crippen molar-refractivity contribution in [2.75, 3.05) is 4.90 Å². The standard InChI is InChI=1S/C19H17N5O2.C3H7NO.C3H8.C2H6/c20-16(25)9-10-17(26)24-11-12-5-1-2-6-13(12)18-19(22-23-21-18)14-7-3-4-8-15(14)24;1-2-3(4)5;1-3-2;1-2/h1-8H,9-11H2,(H2,20,25)(H,21,22,23);2H2,1H3,(H2,4,5);3H2,1-2H3;1-2H3. The molecule has 1 aromatic heterocycles. The smallest absolute Gasteiger partial charge is 0.227 e. The second-order valence-electron chi connectivity index (χ2n) is 7.67. The molecule has 1 aliphatic heterocycles. The first-order valence-corrected chi connectivity index (χ1v) is 12.3. The summed E-state index contributed by atoms with van der Waals surface area (Å²) in [5, 5.41) is 11.3. The quantitative estimate of drug-likeness (QED) is 0.486. The monoisotopic (exact) mass is 494 g/mol. The highest BCUT2D eigenvalue weighted by molar-refractivity contribution is 6.01. The molecule has 36 heavy (non-hydrogen) atoms. The van der Waals surface area contributed by atoms with Gasteiger partial charge in [0.2, 0.25) is 17.7 Å². The number of nitrogens with two attached hydrogens (primary N) is 2. The lowest BCUT2D eigenvalue weighted by Gasteiger charge is -2.28. The molecule has 0 unspecified atom stereocenters. The first-order chi connectivity index (χ1) is 17.3. The molecule has 3 aromatic rings. The Morgan fingerprint density at radius 1 is 0.833 bits per heavy atom. The van der Waals surface area contributed by atoms with E-state index in [1.54, 1.807) is 11.8 Å². The van der Waals surface area contributed by atoms with Gasteiger partial charge in [-0.05, 0) is 11.6 Å². The number of primary amides is 2. The zero-order chi connectivity index (χ0) is 27.1. The number of para-hydroxylation sites is 1. The Morgan fingerprint density at radius 3 is 1.89 bits per heavy atom. The van der Waals surface area contributed by atoms with Crippen LogP contribution in [-0.2, 0) is 20.9 Å². The highest BCUT2D eigenvalue weighted by Crippen LogP contribution is 2.39. The Balaban J connectivity index is 0.000000561. The molecule has 0 fully saturated rings. The summed E-state index contributed by atoms with van der Waals surface area (Å²) in [5.74, 6) is -0.888. The number of amides is 3. The molecule has 1 aliphatic rings. The number of nitrogens with zero attached hydrogens (tertiary/aromatic N) is 3. The van der Waals surface area contributed by atoms with Gasteiger partial charge in [0, 0.05) is 30.4 Å². The molecule has 3 amide bonds. The Kier molecular flexibility index (Phi) is 13.2. The minimum Gasteiger partial charge on any atom is -0.370 e. The number of hydrogen-bond donors (Lipinski definition) is 3. The molecule has 0 spiro atoms. The molecule has 0 aliphatic carbocycles. The number of carbonyl (C=O) groups excluding carboxylic acids is 3. The Hall–Kier alpha value is -4.01. The van der Waals surface area contributed by atoms with Gasteiger partial charge in [-0.3, -0.25) is 14.4 Å². The molecule has 0 saturated carbocycles. The molecule has 2 aromatic carbocycles. The fraction of sp³-hybridized carbons (Fsp3) is 0.370. The van der Waals surface area contributed by atoms with Crippen molar-refractivity contribution < 1.29 is 14.4 Å². The number of hydrogen-bond acceptors (Lipinski definition) is 5. The average Bonchev–Trinajstić information content (AvgIpc) is 3.36. The number of carbonyl (C=O) groups is 3. The first-order valence-electron chi connectivity index (χ1n) is 12.3. The summed E-state index contributed by atoms with van der Waals surface area (Å²) in [6, 6.07) is 15.4. The molecule has 9 heteroatoms. The normalized spacial score (nSPS) is 10.6. The predicted octanol–water partition coefficient (Wildman–Crippen LogP) is 4.58. The van der Waals surface area contributed by atoms with E-state index in [0.29, 0.717) is 18.7 Å². The highest BCUT2D eigenvalue weighted by atomic mass is 16.2. The topological polar surface area (TPSA) is 148 Å². The van der Waals surface area contributed by atoms with E-state index in [0.717, 1.165) is 28.1 Å². The molecule has 5 N–H and O–H groups in total. The van der Waals surface area contributed by atoms with E-state index < -0.39 is 5.91 Å². The maximum atomic E-state index is 12.9. The van der Waals surface area contributed by atoms with E-state index in [1.807, 2.05) is 62.4 Å². The zero-order valence-corrected chi connectivity index (χ0v) is 21.9. The number of aromatic nitrogens is 3. The Bertz CT molecular complexity index is 1130. The van der Waals surface area contributed by atoms with Crippen LogP contribution in [0.4, 0.5) is 5.69 Å². The van der Waals surface area contributed by atoms with Gasteiger partial charge in [0.15, 0.2) is 0 Å². The number of nitrogens with one attached hydrogen (secondary N) is 1. The lowest BCUT2D eigenvalue weighted by atomic mass is 9.95. The summed E-state index contributed by atoms with van der Waals surface area (Å²) in [5.41, 5.74) is 14.8. The van der Waals surface area contributed by atoms with Crippen molar-refractivity contribution >= 4 is 23.4 Å². The van der Waals surface area contributed by atoms with Crippen molar-refractivity contribution in [2.24, 2.45) is 11.5 Å². The van der Waals surface area contributed by atoms with Crippen molar-refractivity contribution in [2.45, 2.75) is 66.8 Å². The van der Waals surface area contributed by atoms with Crippen molar-refractivity contribution in [3.8, 4) is 22.5 Å². The van der Waals surface area contributed by atoms with Crippen LogP contribution in [-0.4, -0.2) is 33.1 Å². The van der Waals surface area contributed by atoms with Crippen molar-refractivity contribution in [3.05, 3.63) is 54.1 Å². The molecule has 0 bridgehead atoms. The van der Waals surface area contributed by atoms with Crippen LogP contribution >= 0.6 is 0 Å². The Morgan fingerprint density at radius 2 is 1.33 bits per heavy atom. The molecule has 0 saturated heterocycles. The molecule has 0 radical (unpaired) electrons.